The van der Waals surface area contributed by atoms with Gasteiger partial charge < -0.3 is 11.1 Å². The molecule has 17 heavy (non-hydrogen) atoms. The first-order valence-electron chi connectivity index (χ1n) is 5.83. The average Bonchev–Trinajstić information content (AvgIpc) is 2.24. The highest BCUT2D eigenvalue weighted by Crippen LogP contribution is 2.22. The van der Waals surface area contributed by atoms with Crippen molar-refractivity contribution >= 4 is 5.82 Å². The van der Waals surface area contributed by atoms with Gasteiger partial charge in [-0.15, -0.1) is 0 Å². The van der Waals surface area contributed by atoms with E-state index in [1.165, 1.54) is 6.33 Å². The first-order valence-corrected chi connectivity index (χ1v) is 5.83. The largest absolute Gasteiger partial charge is 0.361 e. The van der Waals surface area contributed by atoms with Crippen LogP contribution in [0.2, 0.25) is 0 Å². The van der Waals surface area contributed by atoms with E-state index in [0.717, 1.165) is 6.42 Å². The monoisotopic (exact) mass is 240 g/mol. The molecule has 3 N–H and O–H groups in total. The minimum Gasteiger partial charge on any atom is -0.361 e. The molecule has 0 aliphatic heterocycles. The summed E-state index contributed by atoms with van der Waals surface area (Å²) in [4.78, 5) is 7.73. The van der Waals surface area contributed by atoms with Crippen LogP contribution in [-0.2, 0) is 0 Å². The van der Waals surface area contributed by atoms with Gasteiger partial charge in [-0.1, -0.05) is 13.8 Å². The SMILES string of the molecule is Cc1ncnc(NC(C)(CN)CC(C)C)c1F. The number of aromatic nitrogens is 2. The second-order valence-corrected chi connectivity index (χ2v) is 5.11. The van der Waals surface area contributed by atoms with Gasteiger partial charge in [0.2, 0.25) is 0 Å². The Kier molecular flexibility index (Phi) is 4.40. The third-order valence-corrected chi connectivity index (χ3v) is 2.69. The third kappa shape index (κ3) is 3.63. The van der Waals surface area contributed by atoms with Crippen LogP contribution in [0, 0.1) is 18.7 Å². The number of nitrogens with two attached hydrogens (primary N) is 1. The average molecular weight is 240 g/mol. The van der Waals surface area contributed by atoms with E-state index in [4.69, 9.17) is 5.73 Å². The number of anilines is 1. The maximum absolute atomic E-state index is 13.8. The fourth-order valence-corrected chi connectivity index (χ4v) is 1.92. The zero-order valence-corrected chi connectivity index (χ0v) is 10.9. The highest BCUT2D eigenvalue weighted by molar-refractivity contribution is 5.40. The Morgan fingerprint density at radius 1 is 1.47 bits per heavy atom. The van der Waals surface area contributed by atoms with Gasteiger partial charge in [0.25, 0.3) is 0 Å². The van der Waals surface area contributed by atoms with Crippen LogP contribution in [0.5, 0.6) is 0 Å². The zero-order valence-electron chi connectivity index (χ0n) is 10.9. The first kappa shape index (κ1) is 13.8. The predicted octanol–water partition coefficient (Wildman–Crippen LogP) is 2.10. The van der Waals surface area contributed by atoms with Crippen LogP contribution in [0.15, 0.2) is 6.33 Å². The van der Waals surface area contributed by atoms with Crippen molar-refractivity contribution in [1.82, 2.24) is 9.97 Å². The Balaban J connectivity index is 2.91. The number of aryl methyl sites for hydroxylation is 1. The maximum atomic E-state index is 13.8. The summed E-state index contributed by atoms with van der Waals surface area (Å²) in [6.45, 7) is 8.23. The van der Waals surface area contributed by atoms with E-state index in [1.807, 2.05) is 6.92 Å². The molecule has 0 aromatic carbocycles. The summed E-state index contributed by atoms with van der Waals surface area (Å²) in [5, 5.41) is 3.09. The van der Waals surface area contributed by atoms with Crippen molar-refractivity contribution in [3.8, 4) is 0 Å². The van der Waals surface area contributed by atoms with E-state index >= 15 is 0 Å². The highest BCUT2D eigenvalue weighted by Gasteiger charge is 2.25. The fourth-order valence-electron chi connectivity index (χ4n) is 1.92. The molecule has 0 radical (unpaired) electrons. The summed E-state index contributed by atoms with van der Waals surface area (Å²) in [5.74, 6) is 0.295. The lowest BCUT2D eigenvalue weighted by molar-refractivity contribution is 0.403. The number of hydrogen-bond donors (Lipinski definition) is 2. The Morgan fingerprint density at radius 2 is 2.12 bits per heavy atom. The summed E-state index contributed by atoms with van der Waals surface area (Å²) in [7, 11) is 0. The predicted molar refractivity (Wildman–Crippen MR) is 67.3 cm³/mol. The van der Waals surface area contributed by atoms with E-state index in [1.54, 1.807) is 6.92 Å². The molecule has 1 aromatic heterocycles. The molecule has 5 heteroatoms. The van der Waals surface area contributed by atoms with Crippen LogP contribution >= 0.6 is 0 Å². The summed E-state index contributed by atoms with van der Waals surface area (Å²) in [6, 6.07) is 0. The zero-order chi connectivity index (χ0) is 13.1. The molecule has 0 fully saturated rings. The minimum absolute atomic E-state index is 0.228. The number of rotatable bonds is 5. The van der Waals surface area contributed by atoms with E-state index in [-0.39, 0.29) is 11.4 Å². The van der Waals surface area contributed by atoms with Gasteiger partial charge in [-0.2, -0.15) is 0 Å². The van der Waals surface area contributed by atoms with Crippen LogP contribution in [-0.4, -0.2) is 22.1 Å². The van der Waals surface area contributed by atoms with E-state index in [9.17, 15) is 4.39 Å². The molecule has 0 aliphatic carbocycles. The molecule has 0 saturated heterocycles. The lowest BCUT2D eigenvalue weighted by Gasteiger charge is -2.31. The van der Waals surface area contributed by atoms with Crippen molar-refractivity contribution in [2.75, 3.05) is 11.9 Å². The maximum Gasteiger partial charge on any atom is 0.186 e. The van der Waals surface area contributed by atoms with Gasteiger partial charge in [-0.3, -0.25) is 0 Å². The van der Waals surface area contributed by atoms with Crippen LogP contribution in [0.1, 0.15) is 32.9 Å². The third-order valence-electron chi connectivity index (χ3n) is 2.69. The number of halogens is 1. The molecule has 0 spiro atoms. The van der Waals surface area contributed by atoms with Gasteiger partial charge >= 0.3 is 0 Å². The van der Waals surface area contributed by atoms with Gasteiger partial charge in [-0.05, 0) is 26.2 Å². The molecule has 1 rings (SSSR count). The molecule has 96 valence electrons. The Bertz CT molecular complexity index is 381. The molecule has 0 amide bonds. The Labute approximate surface area is 102 Å². The van der Waals surface area contributed by atoms with Gasteiger partial charge in [0.1, 0.15) is 6.33 Å². The lowest BCUT2D eigenvalue weighted by Crippen LogP contribution is -2.44. The normalized spacial score (nSPS) is 14.8. The van der Waals surface area contributed by atoms with Crippen LogP contribution in [0.4, 0.5) is 10.2 Å². The van der Waals surface area contributed by atoms with E-state index in [0.29, 0.717) is 18.2 Å². The number of hydrogen-bond acceptors (Lipinski definition) is 4. The van der Waals surface area contributed by atoms with Gasteiger partial charge in [0.05, 0.1) is 5.69 Å². The minimum atomic E-state index is -0.407. The molecule has 0 saturated carbocycles. The first-order chi connectivity index (χ1) is 7.88. The molecular weight excluding hydrogens is 219 g/mol. The molecule has 0 bridgehead atoms. The summed E-state index contributed by atoms with van der Waals surface area (Å²) in [5.41, 5.74) is 5.75. The van der Waals surface area contributed by atoms with E-state index in [2.05, 4.69) is 29.1 Å². The van der Waals surface area contributed by atoms with Crippen molar-refractivity contribution in [3.05, 3.63) is 17.8 Å². The van der Waals surface area contributed by atoms with Gasteiger partial charge in [0, 0.05) is 12.1 Å². The van der Waals surface area contributed by atoms with Crippen molar-refractivity contribution in [1.29, 1.82) is 0 Å². The van der Waals surface area contributed by atoms with Gasteiger partial charge in [-0.25, -0.2) is 14.4 Å². The van der Waals surface area contributed by atoms with Crippen molar-refractivity contribution in [2.45, 2.75) is 39.7 Å². The Hall–Kier alpha value is -1.23. The summed E-state index contributed by atoms with van der Waals surface area (Å²) >= 11 is 0. The van der Waals surface area contributed by atoms with Crippen LogP contribution in [0.25, 0.3) is 0 Å². The molecule has 1 atom stereocenters. The molecule has 0 aliphatic rings. The van der Waals surface area contributed by atoms with Crippen molar-refractivity contribution in [2.24, 2.45) is 11.7 Å². The second-order valence-electron chi connectivity index (χ2n) is 5.11. The van der Waals surface area contributed by atoms with Crippen molar-refractivity contribution < 1.29 is 4.39 Å². The standard InChI is InChI=1S/C12H21FN4/c1-8(2)5-12(4,6-14)17-11-10(13)9(3)15-7-16-11/h7-8H,5-6,14H2,1-4H3,(H,15,16,17). The van der Waals surface area contributed by atoms with E-state index < -0.39 is 5.82 Å². The molecular formula is C12H21FN4. The smallest absolute Gasteiger partial charge is 0.186 e. The second kappa shape index (κ2) is 5.40. The lowest BCUT2D eigenvalue weighted by atomic mass is 9.91. The molecule has 1 heterocycles. The summed E-state index contributed by atoms with van der Waals surface area (Å²) < 4.78 is 13.8. The van der Waals surface area contributed by atoms with Crippen LogP contribution < -0.4 is 11.1 Å². The highest BCUT2D eigenvalue weighted by atomic mass is 19.1. The number of nitrogens with one attached hydrogen (secondary N) is 1. The fraction of sp³-hybridized carbons (Fsp3) is 0.667. The van der Waals surface area contributed by atoms with Crippen molar-refractivity contribution in [3.63, 3.8) is 0 Å². The molecule has 1 unspecified atom stereocenters. The number of nitrogens with zero attached hydrogens (tertiary/aromatic N) is 2. The topological polar surface area (TPSA) is 63.8 Å². The quantitative estimate of drug-likeness (QED) is 0.827. The van der Waals surface area contributed by atoms with Crippen LogP contribution in [0.3, 0.4) is 0 Å². The summed E-state index contributed by atoms with van der Waals surface area (Å²) in [6.07, 6.45) is 2.21. The van der Waals surface area contributed by atoms with Gasteiger partial charge in [0.15, 0.2) is 11.6 Å². The molecule has 4 nitrogen and oxygen atoms in total. The Morgan fingerprint density at radius 3 is 2.65 bits per heavy atom. The molecule has 1 aromatic rings.